The molecule has 1 aliphatic heterocycles. The molecule has 7 heteroatoms. The number of aryl methyl sites for hydroxylation is 2. The quantitative estimate of drug-likeness (QED) is 0.794. The Kier molecular flexibility index (Phi) is 5.84. The maximum atomic E-state index is 4.55. The van der Waals surface area contributed by atoms with E-state index in [4.69, 9.17) is 0 Å². The second kappa shape index (κ2) is 8.07. The third-order valence-electron chi connectivity index (χ3n) is 4.74. The molecule has 1 atom stereocenters. The Morgan fingerprint density at radius 1 is 1.29 bits per heavy atom. The normalized spacial score (nSPS) is 17.0. The molecule has 1 aliphatic rings. The summed E-state index contributed by atoms with van der Waals surface area (Å²) in [6, 6.07) is 0. The van der Waals surface area contributed by atoms with E-state index in [1.807, 2.05) is 6.20 Å². The van der Waals surface area contributed by atoms with E-state index in [1.165, 1.54) is 11.3 Å². The van der Waals surface area contributed by atoms with Crippen molar-refractivity contribution in [3.05, 3.63) is 22.7 Å². The average Bonchev–Trinajstić information content (AvgIpc) is 3.23. The topological polar surface area (TPSA) is 58.9 Å². The zero-order chi connectivity index (χ0) is 16.9. The lowest BCUT2D eigenvalue weighted by molar-refractivity contribution is 0.343. The van der Waals surface area contributed by atoms with Gasteiger partial charge >= 0.3 is 0 Å². The van der Waals surface area contributed by atoms with Gasteiger partial charge in [-0.1, -0.05) is 6.92 Å². The first kappa shape index (κ1) is 17.4. The van der Waals surface area contributed by atoms with Gasteiger partial charge in [0.25, 0.3) is 0 Å². The van der Waals surface area contributed by atoms with Crippen LogP contribution in [0.5, 0.6) is 0 Å². The summed E-state index contributed by atoms with van der Waals surface area (Å²) in [5.74, 6) is 2.95. The highest BCUT2D eigenvalue weighted by Gasteiger charge is 2.22. The molecular weight excluding hydrogens is 320 g/mol. The van der Waals surface area contributed by atoms with Crippen LogP contribution in [-0.4, -0.2) is 39.4 Å². The van der Waals surface area contributed by atoms with Gasteiger partial charge < -0.3 is 14.8 Å². The van der Waals surface area contributed by atoms with Gasteiger partial charge in [-0.15, -0.1) is 21.5 Å². The molecule has 0 aromatic carbocycles. The Hall–Kier alpha value is -1.47. The van der Waals surface area contributed by atoms with Crippen molar-refractivity contribution in [2.24, 2.45) is 5.92 Å². The van der Waals surface area contributed by atoms with Crippen LogP contribution in [0.3, 0.4) is 0 Å². The summed E-state index contributed by atoms with van der Waals surface area (Å²) in [6.45, 7) is 11.5. The van der Waals surface area contributed by atoms with Crippen LogP contribution in [0.1, 0.15) is 43.7 Å². The second-order valence-electron chi connectivity index (χ2n) is 6.31. The van der Waals surface area contributed by atoms with Crippen LogP contribution in [0.15, 0.2) is 6.20 Å². The predicted molar refractivity (Wildman–Crippen MR) is 98.6 cm³/mol. The van der Waals surface area contributed by atoms with Crippen LogP contribution in [-0.2, 0) is 25.9 Å². The Morgan fingerprint density at radius 3 is 2.88 bits per heavy atom. The molecule has 0 aliphatic carbocycles. The van der Waals surface area contributed by atoms with Crippen molar-refractivity contribution in [1.82, 2.24) is 25.1 Å². The number of nitrogens with one attached hydrogen (secondary N) is 1. The summed E-state index contributed by atoms with van der Waals surface area (Å²) >= 11 is 1.80. The Balaban J connectivity index is 1.49. The standard InChI is InChI=1S/C17H28N6S/c1-4-15-20-21-16-8-7-13(12-23(15)16)9-18-10-14-11-19-17(24-14)22(5-2)6-3/h11,13,18H,4-10,12H2,1-3H3/t13-/m0/s1. The zero-order valence-corrected chi connectivity index (χ0v) is 15.8. The van der Waals surface area contributed by atoms with E-state index in [0.717, 1.165) is 62.3 Å². The fourth-order valence-corrected chi connectivity index (χ4v) is 4.30. The van der Waals surface area contributed by atoms with E-state index >= 15 is 0 Å². The van der Waals surface area contributed by atoms with Gasteiger partial charge in [-0.25, -0.2) is 4.98 Å². The van der Waals surface area contributed by atoms with Crippen LogP contribution in [0.25, 0.3) is 0 Å². The molecule has 0 unspecified atom stereocenters. The molecular formula is C17H28N6S. The maximum Gasteiger partial charge on any atom is 0.185 e. The molecule has 0 bridgehead atoms. The monoisotopic (exact) mass is 348 g/mol. The van der Waals surface area contributed by atoms with Crippen molar-refractivity contribution in [2.45, 2.75) is 53.1 Å². The number of fused-ring (bicyclic) bond motifs is 1. The molecule has 2 aromatic rings. The Labute approximate surface area is 148 Å². The Morgan fingerprint density at radius 2 is 2.12 bits per heavy atom. The number of hydrogen-bond acceptors (Lipinski definition) is 6. The van der Waals surface area contributed by atoms with Gasteiger partial charge in [0.05, 0.1) is 0 Å². The minimum absolute atomic E-state index is 0.661. The lowest BCUT2D eigenvalue weighted by Gasteiger charge is -2.24. The molecule has 2 aromatic heterocycles. The summed E-state index contributed by atoms with van der Waals surface area (Å²) in [5, 5.41) is 13.4. The van der Waals surface area contributed by atoms with Crippen LogP contribution >= 0.6 is 11.3 Å². The first-order valence-electron chi connectivity index (χ1n) is 9.06. The van der Waals surface area contributed by atoms with Gasteiger partial charge in [-0.3, -0.25) is 0 Å². The van der Waals surface area contributed by atoms with Crippen LogP contribution < -0.4 is 10.2 Å². The average molecular weight is 349 g/mol. The van der Waals surface area contributed by atoms with Crippen molar-refractivity contribution in [3.8, 4) is 0 Å². The highest BCUT2D eigenvalue weighted by atomic mass is 32.1. The summed E-state index contributed by atoms with van der Waals surface area (Å²) in [7, 11) is 0. The molecule has 0 saturated carbocycles. The first-order chi connectivity index (χ1) is 11.7. The predicted octanol–water partition coefficient (Wildman–Crippen LogP) is 2.50. The number of hydrogen-bond donors (Lipinski definition) is 1. The van der Waals surface area contributed by atoms with E-state index in [-0.39, 0.29) is 0 Å². The van der Waals surface area contributed by atoms with Crippen LogP contribution in [0.4, 0.5) is 5.13 Å². The molecule has 6 nitrogen and oxygen atoms in total. The summed E-state index contributed by atoms with van der Waals surface area (Å²) in [5.41, 5.74) is 0. The zero-order valence-electron chi connectivity index (χ0n) is 15.0. The highest BCUT2D eigenvalue weighted by Crippen LogP contribution is 2.23. The van der Waals surface area contributed by atoms with Crippen LogP contribution in [0.2, 0.25) is 0 Å². The molecule has 1 N–H and O–H groups in total. The number of aromatic nitrogens is 4. The van der Waals surface area contributed by atoms with Gasteiger partial charge in [0, 0.05) is 56.6 Å². The molecule has 132 valence electrons. The molecule has 3 rings (SSSR count). The van der Waals surface area contributed by atoms with Crippen molar-refractivity contribution in [3.63, 3.8) is 0 Å². The van der Waals surface area contributed by atoms with Crippen molar-refractivity contribution < 1.29 is 0 Å². The molecule has 0 amide bonds. The van der Waals surface area contributed by atoms with Crippen molar-refractivity contribution in [2.75, 3.05) is 24.5 Å². The van der Waals surface area contributed by atoms with Crippen molar-refractivity contribution in [1.29, 1.82) is 0 Å². The van der Waals surface area contributed by atoms with Crippen LogP contribution in [0, 0.1) is 5.92 Å². The third kappa shape index (κ3) is 3.78. The minimum atomic E-state index is 0.661. The van der Waals surface area contributed by atoms with E-state index in [0.29, 0.717) is 5.92 Å². The van der Waals surface area contributed by atoms with E-state index < -0.39 is 0 Å². The maximum absolute atomic E-state index is 4.55. The van der Waals surface area contributed by atoms with E-state index in [1.54, 1.807) is 11.3 Å². The fourth-order valence-electron chi connectivity index (χ4n) is 3.30. The Bertz CT molecular complexity index is 632. The summed E-state index contributed by atoms with van der Waals surface area (Å²) in [4.78, 5) is 8.17. The van der Waals surface area contributed by atoms with Gasteiger partial charge in [0.15, 0.2) is 5.13 Å². The molecule has 0 saturated heterocycles. The number of anilines is 1. The molecule has 0 spiro atoms. The molecule has 0 radical (unpaired) electrons. The minimum Gasteiger partial charge on any atom is -0.349 e. The fraction of sp³-hybridized carbons (Fsp3) is 0.706. The third-order valence-corrected chi connectivity index (χ3v) is 5.80. The number of thiazole rings is 1. The SMILES string of the molecule is CCc1nnc2n1C[C@H](CNCc1cnc(N(CC)CC)s1)CC2. The van der Waals surface area contributed by atoms with Gasteiger partial charge in [-0.2, -0.15) is 0 Å². The van der Waals surface area contributed by atoms with Crippen molar-refractivity contribution >= 4 is 16.5 Å². The summed E-state index contributed by atoms with van der Waals surface area (Å²) in [6.07, 6.45) is 5.22. The highest BCUT2D eigenvalue weighted by molar-refractivity contribution is 7.15. The van der Waals surface area contributed by atoms with E-state index in [2.05, 4.69) is 50.7 Å². The van der Waals surface area contributed by atoms with E-state index in [9.17, 15) is 0 Å². The lowest BCUT2D eigenvalue weighted by Crippen LogP contribution is -2.30. The van der Waals surface area contributed by atoms with Gasteiger partial charge in [-0.05, 0) is 26.2 Å². The number of nitrogens with zero attached hydrogens (tertiary/aromatic N) is 5. The summed E-state index contributed by atoms with van der Waals surface area (Å²) < 4.78 is 2.32. The number of rotatable bonds is 8. The second-order valence-corrected chi connectivity index (χ2v) is 7.41. The lowest BCUT2D eigenvalue weighted by atomic mass is 9.99. The molecule has 3 heterocycles. The smallest absolute Gasteiger partial charge is 0.185 e. The van der Waals surface area contributed by atoms with Gasteiger partial charge in [0.2, 0.25) is 0 Å². The first-order valence-corrected chi connectivity index (χ1v) is 9.88. The van der Waals surface area contributed by atoms with Gasteiger partial charge in [0.1, 0.15) is 11.6 Å². The largest absolute Gasteiger partial charge is 0.349 e. The molecule has 24 heavy (non-hydrogen) atoms. The molecule has 0 fully saturated rings.